The number of fused-ring (bicyclic) bond motifs is 10. The van der Waals surface area contributed by atoms with Crippen molar-refractivity contribution in [2.75, 3.05) is 0 Å². The molecule has 0 saturated carbocycles. The second-order valence-corrected chi connectivity index (χ2v) is 15.3. The third-order valence-corrected chi connectivity index (χ3v) is 12.2. The van der Waals surface area contributed by atoms with Crippen LogP contribution in [0.4, 0.5) is 0 Å². The molecule has 0 unspecified atom stereocenters. The van der Waals surface area contributed by atoms with Crippen molar-refractivity contribution in [1.82, 2.24) is 24.1 Å². The Labute approximate surface area is 333 Å². The van der Waals surface area contributed by atoms with E-state index in [9.17, 15) is 0 Å². The number of hydrogen-bond acceptors (Lipinski definition) is 4. The Balaban J connectivity index is 1.27. The van der Waals surface area contributed by atoms with Crippen molar-refractivity contribution < 1.29 is 0 Å². The van der Waals surface area contributed by atoms with Gasteiger partial charge in [0.15, 0.2) is 17.5 Å². The van der Waals surface area contributed by atoms with E-state index in [0.29, 0.717) is 17.5 Å². The molecule has 0 spiro atoms. The Morgan fingerprint density at radius 3 is 1.84 bits per heavy atom. The van der Waals surface area contributed by atoms with Gasteiger partial charge in [-0.15, -0.1) is 11.3 Å². The molecule has 0 N–H and O–H groups in total. The molecular formula is C51H35N5S. The molecular weight excluding hydrogens is 715 g/mol. The molecule has 6 heteroatoms. The molecule has 57 heavy (non-hydrogen) atoms. The van der Waals surface area contributed by atoms with Gasteiger partial charge in [0.1, 0.15) is 0 Å². The second kappa shape index (κ2) is 13.3. The fraction of sp³-hybridized carbons (Fsp3) is 0.0392. The first kappa shape index (κ1) is 33.2. The van der Waals surface area contributed by atoms with E-state index in [4.69, 9.17) is 15.0 Å². The number of thiophene rings is 1. The molecule has 270 valence electrons. The Morgan fingerprint density at radius 2 is 1.14 bits per heavy atom. The highest BCUT2D eigenvalue weighted by molar-refractivity contribution is 7.26. The van der Waals surface area contributed by atoms with Crippen LogP contribution in [0.15, 0.2) is 176 Å². The molecule has 0 saturated heterocycles. The molecule has 0 aliphatic carbocycles. The van der Waals surface area contributed by atoms with Crippen molar-refractivity contribution in [3.8, 4) is 39.9 Å². The first-order valence-electron chi connectivity index (χ1n) is 19.3. The van der Waals surface area contributed by atoms with Gasteiger partial charge in [0, 0.05) is 69.8 Å². The Bertz CT molecular complexity index is 3360. The van der Waals surface area contributed by atoms with E-state index in [1.807, 2.05) is 36.4 Å². The molecule has 4 heterocycles. The van der Waals surface area contributed by atoms with Crippen molar-refractivity contribution >= 4 is 80.8 Å². The number of nitrogens with zero attached hydrogens (tertiary/aromatic N) is 5. The van der Waals surface area contributed by atoms with Crippen LogP contribution in [0.5, 0.6) is 0 Å². The number of benzene rings is 7. The van der Waals surface area contributed by atoms with Gasteiger partial charge >= 0.3 is 0 Å². The summed E-state index contributed by atoms with van der Waals surface area (Å²) in [6.45, 7) is 4.20. The lowest BCUT2D eigenvalue weighted by molar-refractivity contribution is 1.07. The fourth-order valence-electron chi connectivity index (χ4n) is 8.56. The molecule has 0 aliphatic rings. The number of para-hydroxylation sites is 2. The summed E-state index contributed by atoms with van der Waals surface area (Å²) in [6.07, 6.45) is 6.52. The number of aromatic nitrogens is 5. The molecule has 0 aliphatic heterocycles. The van der Waals surface area contributed by atoms with E-state index >= 15 is 0 Å². The second-order valence-electron chi connectivity index (χ2n) is 14.3. The fourth-order valence-corrected chi connectivity index (χ4v) is 9.76. The maximum Gasteiger partial charge on any atom is 0.165 e. The van der Waals surface area contributed by atoms with Crippen LogP contribution in [0.2, 0.25) is 0 Å². The monoisotopic (exact) mass is 749 g/mol. The van der Waals surface area contributed by atoms with E-state index in [1.54, 1.807) is 11.3 Å². The van der Waals surface area contributed by atoms with Crippen LogP contribution in [0.3, 0.4) is 0 Å². The average molecular weight is 750 g/mol. The van der Waals surface area contributed by atoms with Crippen molar-refractivity contribution in [2.24, 2.45) is 0 Å². The predicted molar refractivity (Wildman–Crippen MR) is 241 cm³/mol. The number of rotatable bonds is 6. The van der Waals surface area contributed by atoms with Gasteiger partial charge in [-0.1, -0.05) is 133 Å². The largest absolute Gasteiger partial charge is 0.309 e. The lowest BCUT2D eigenvalue weighted by Crippen LogP contribution is -2.01. The zero-order valence-corrected chi connectivity index (χ0v) is 32.2. The van der Waals surface area contributed by atoms with Gasteiger partial charge in [-0.2, -0.15) is 0 Å². The van der Waals surface area contributed by atoms with Crippen LogP contribution in [-0.4, -0.2) is 24.1 Å². The molecule has 5 nitrogen and oxygen atoms in total. The van der Waals surface area contributed by atoms with Gasteiger partial charge in [-0.3, -0.25) is 0 Å². The van der Waals surface area contributed by atoms with Gasteiger partial charge in [0.25, 0.3) is 0 Å². The molecule has 0 radical (unpaired) electrons. The summed E-state index contributed by atoms with van der Waals surface area (Å²) >= 11 is 1.79. The molecule has 0 fully saturated rings. The number of hydrogen-bond donors (Lipinski definition) is 0. The number of allylic oxidation sites excluding steroid dienone is 4. The molecule has 11 aromatic rings. The Kier molecular flexibility index (Phi) is 7.72. The Hall–Kier alpha value is -7.15. The van der Waals surface area contributed by atoms with Crippen LogP contribution in [-0.2, 0) is 0 Å². The summed E-state index contributed by atoms with van der Waals surface area (Å²) in [5, 5.41) is 7.29. The lowest BCUT2D eigenvalue weighted by Gasteiger charge is -2.13. The van der Waals surface area contributed by atoms with Crippen molar-refractivity contribution in [1.29, 1.82) is 0 Å². The average Bonchev–Trinajstić information content (AvgIpc) is 3.93. The smallest absolute Gasteiger partial charge is 0.165 e. The van der Waals surface area contributed by atoms with Crippen LogP contribution in [0.25, 0.3) is 109 Å². The van der Waals surface area contributed by atoms with Crippen molar-refractivity contribution in [3.05, 3.63) is 176 Å². The van der Waals surface area contributed by atoms with Gasteiger partial charge in [-0.25, -0.2) is 15.0 Å². The first-order valence-corrected chi connectivity index (χ1v) is 20.1. The Morgan fingerprint density at radius 1 is 0.526 bits per heavy atom. The summed E-state index contributed by atoms with van der Waals surface area (Å²) in [7, 11) is 0. The first-order chi connectivity index (χ1) is 28.2. The van der Waals surface area contributed by atoms with Gasteiger partial charge in [0.2, 0.25) is 0 Å². The van der Waals surface area contributed by atoms with E-state index in [-0.39, 0.29) is 0 Å². The van der Waals surface area contributed by atoms with E-state index in [2.05, 4.69) is 163 Å². The summed E-state index contributed by atoms with van der Waals surface area (Å²) in [6, 6.07) is 55.9. The molecule has 0 amide bonds. The van der Waals surface area contributed by atoms with Crippen LogP contribution >= 0.6 is 11.3 Å². The highest BCUT2D eigenvalue weighted by Crippen LogP contribution is 2.45. The SMILES string of the molecule is C/C=C\C(=C/C)n1c2ccccc2c2ccc3c(c4ccccc4n3-c3cc(-c4nc(-c5ccccc5)nc(-c5ccccc5)n4)c4sc5ccccc5c4c3)c21. The van der Waals surface area contributed by atoms with Crippen LogP contribution in [0.1, 0.15) is 13.8 Å². The third-order valence-electron chi connectivity index (χ3n) is 11.0. The van der Waals surface area contributed by atoms with Gasteiger partial charge in [0.05, 0.1) is 22.1 Å². The van der Waals surface area contributed by atoms with Crippen molar-refractivity contribution in [2.45, 2.75) is 13.8 Å². The normalized spacial score (nSPS) is 12.4. The van der Waals surface area contributed by atoms with Crippen molar-refractivity contribution in [3.63, 3.8) is 0 Å². The maximum absolute atomic E-state index is 5.25. The standard InChI is InChI=1S/C51H35N5S/c1-3-17-34(4-2)56-42-25-14-11-22-36(42)38-28-29-44-46(47(38)56)39-24-12-15-26-43(39)55(44)35-30-40-37-23-13-16-27-45(37)57-48(40)41(31-35)51-53-49(32-18-7-5-8-19-32)52-50(54-51)33-20-9-6-10-21-33/h3-31H,1-2H3/b17-3-,34-4+. The summed E-state index contributed by atoms with van der Waals surface area (Å²) in [5.74, 6) is 1.94. The highest BCUT2D eigenvalue weighted by atomic mass is 32.1. The topological polar surface area (TPSA) is 48.5 Å². The van der Waals surface area contributed by atoms with E-state index < -0.39 is 0 Å². The van der Waals surface area contributed by atoms with E-state index in [0.717, 1.165) is 43.8 Å². The van der Waals surface area contributed by atoms with Crippen LogP contribution < -0.4 is 0 Å². The summed E-state index contributed by atoms with van der Waals surface area (Å²) in [4.78, 5) is 15.5. The highest BCUT2D eigenvalue weighted by Gasteiger charge is 2.23. The zero-order valence-electron chi connectivity index (χ0n) is 31.4. The van der Waals surface area contributed by atoms with Gasteiger partial charge < -0.3 is 9.13 Å². The maximum atomic E-state index is 5.25. The lowest BCUT2D eigenvalue weighted by atomic mass is 10.1. The predicted octanol–water partition coefficient (Wildman–Crippen LogP) is 13.9. The van der Waals surface area contributed by atoms with Gasteiger partial charge in [-0.05, 0) is 56.3 Å². The summed E-state index contributed by atoms with van der Waals surface area (Å²) in [5.41, 5.74) is 9.73. The minimum atomic E-state index is 0.645. The van der Waals surface area contributed by atoms with E-state index in [1.165, 1.54) is 48.1 Å². The molecule has 0 atom stereocenters. The summed E-state index contributed by atoms with van der Waals surface area (Å²) < 4.78 is 7.25. The molecule has 7 aromatic carbocycles. The molecule has 11 rings (SSSR count). The minimum absolute atomic E-state index is 0.645. The van der Waals surface area contributed by atoms with Crippen LogP contribution in [0, 0.1) is 0 Å². The third kappa shape index (κ3) is 5.18. The quantitative estimate of drug-likeness (QED) is 0.159. The minimum Gasteiger partial charge on any atom is -0.309 e. The molecule has 0 bridgehead atoms. The zero-order chi connectivity index (χ0) is 38.0. The molecule has 4 aromatic heterocycles.